The molecule has 1 heterocycles. The molecule has 1 fully saturated rings. The van der Waals surface area contributed by atoms with E-state index >= 15 is 0 Å². The number of nitrogens with zero attached hydrogens (tertiary/aromatic N) is 2. The lowest BCUT2D eigenvalue weighted by molar-refractivity contribution is -0.140. The molecule has 27 heavy (non-hydrogen) atoms. The summed E-state index contributed by atoms with van der Waals surface area (Å²) in [5, 5.41) is 0. The summed E-state index contributed by atoms with van der Waals surface area (Å²) in [7, 11) is 1.83. The fraction of sp³-hybridized carbons (Fsp3) is 0.364. The highest BCUT2D eigenvalue weighted by molar-refractivity contribution is 5.81. The quantitative estimate of drug-likeness (QED) is 0.813. The zero-order valence-corrected chi connectivity index (χ0v) is 15.6. The fourth-order valence-corrected chi connectivity index (χ4v) is 3.51. The SMILES string of the molecule is CN(Cc1ccccc1)C(=O)C1CCN(C(=O)Cc2ccc(F)cc2)CC1. The monoisotopic (exact) mass is 368 g/mol. The van der Waals surface area contributed by atoms with E-state index in [1.54, 1.807) is 17.0 Å². The number of halogens is 1. The fourth-order valence-electron chi connectivity index (χ4n) is 3.51. The van der Waals surface area contributed by atoms with Crippen molar-refractivity contribution in [2.75, 3.05) is 20.1 Å². The van der Waals surface area contributed by atoms with Crippen LogP contribution in [-0.4, -0.2) is 41.8 Å². The minimum absolute atomic E-state index is 0.0325. The Morgan fingerprint density at radius 2 is 1.63 bits per heavy atom. The molecule has 0 aromatic heterocycles. The van der Waals surface area contributed by atoms with Crippen LogP contribution in [0.3, 0.4) is 0 Å². The molecule has 2 amide bonds. The molecule has 0 aliphatic carbocycles. The van der Waals surface area contributed by atoms with Gasteiger partial charge in [0.2, 0.25) is 11.8 Å². The third kappa shape index (κ3) is 5.16. The summed E-state index contributed by atoms with van der Waals surface area (Å²) in [5.41, 5.74) is 1.92. The van der Waals surface area contributed by atoms with Gasteiger partial charge in [-0.05, 0) is 36.1 Å². The highest BCUT2D eigenvalue weighted by atomic mass is 19.1. The summed E-state index contributed by atoms with van der Waals surface area (Å²) in [6, 6.07) is 16.0. The lowest BCUT2D eigenvalue weighted by Gasteiger charge is -2.33. The Balaban J connectivity index is 1.48. The topological polar surface area (TPSA) is 40.6 Å². The zero-order chi connectivity index (χ0) is 19.2. The van der Waals surface area contributed by atoms with E-state index < -0.39 is 0 Å². The number of hydrogen-bond donors (Lipinski definition) is 0. The predicted molar refractivity (Wildman–Crippen MR) is 102 cm³/mol. The summed E-state index contributed by atoms with van der Waals surface area (Å²) in [6.45, 7) is 1.79. The second-order valence-electron chi connectivity index (χ2n) is 7.14. The van der Waals surface area contributed by atoms with Crippen LogP contribution in [0.1, 0.15) is 24.0 Å². The maximum atomic E-state index is 13.0. The van der Waals surface area contributed by atoms with Crippen molar-refractivity contribution in [3.8, 4) is 0 Å². The first kappa shape index (κ1) is 19.1. The van der Waals surface area contributed by atoms with Gasteiger partial charge in [0.15, 0.2) is 0 Å². The van der Waals surface area contributed by atoms with E-state index in [-0.39, 0.29) is 30.0 Å². The van der Waals surface area contributed by atoms with Crippen LogP contribution in [0.5, 0.6) is 0 Å². The van der Waals surface area contributed by atoms with Gasteiger partial charge in [-0.3, -0.25) is 9.59 Å². The standard InChI is InChI=1S/C22H25FN2O2/c1-24(16-18-5-3-2-4-6-18)22(27)19-11-13-25(14-12-19)21(26)15-17-7-9-20(23)10-8-17/h2-10,19H,11-16H2,1H3. The summed E-state index contributed by atoms with van der Waals surface area (Å²) in [4.78, 5) is 28.7. The third-order valence-electron chi connectivity index (χ3n) is 5.10. The largest absolute Gasteiger partial charge is 0.342 e. The Labute approximate surface area is 159 Å². The highest BCUT2D eigenvalue weighted by Crippen LogP contribution is 2.21. The van der Waals surface area contributed by atoms with E-state index in [0.29, 0.717) is 32.5 Å². The Bertz CT molecular complexity index is 769. The van der Waals surface area contributed by atoms with Crippen molar-refractivity contribution >= 4 is 11.8 Å². The average Bonchev–Trinajstić information content (AvgIpc) is 2.70. The number of hydrogen-bond acceptors (Lipinski definition) is 2. The van der Waals surface area contributed by atoms with Crippen molar-refractivity contribution in [3.05, 3.63) is 71.5 Å². The first-order chi connectivity index (χ1) is 13.0. The van der Waals surface area contributed by atoms with Crippen molar-refractivity contribution < 1.29 is 14.0 Å². The lowest BCUT2D eigenvalue weighted by Crippen LogP contribution is -2.43. The molecule has 2 aromatic rings. The molecule has 0 unspecified atom stereocenters. The molecule has 4 nitrogen and oxygen atoms in total. The van der Waals surface area contributed by atoms with Gasteiger partial charge in [0, 0.05) is 32.6 Å². The van der Waals surface area contributed by atoms with Gasteiger partial charge >= 0.3 is 0 Å². The van der Waals surface area contributed by atoms with Gasteiger partial charge in [0.25, 0.3) is 0 Å². The van der Waals surface area contributed by atoms with Crippen molar-refractivity contribution in [3.63, 3.8) is 0 Å². The minimum Gasteiger partial charge on any atom is -0.342 e. The molecule has 0 N–H and O–H groups in total. The third-order valence-corrected chi connectivity index (χ3v) is 5.10. The van der Waals surface area contributed by atoms with Crippen LogP contribution >= 0.6 is 0 Å². The first-order valence-corrected chi connectivity index (χ1v) is 9.34. The van der Waals surface area contributed by atoms with Gasteiger partial charge in [-0.25, -0.2) is 4.39 Å². The van der Waals surface area contributed by atoms with E-state index in [0.717, 1.165) is 11.1 Å². The molecule has 2 aromatic carbocycles. The summed E-state index contributed by atoms with van der Waals surface area (Å²) in [6.07, 6.45) is 1.65. The number of carbonyl (C=O) groups excluding carboxylic acids is 2. The van der Waals surface area contributed by atoms with Crippen LogP contribution in [0.4, 0.5) is 4.39 Å². The Kier molecular flexibility index (Phi) is 6.22. The number of piperidine rings is 1. The predicted octanol–water partition coefficient (Wildman–Crippen LogP) is 3.27. The van der Waals surface area contributed by atoms with Crippen LogP contribution in [0.15, 0.2) is 54.6 Å². The van der Waals surface area contributed by atoms with Crippen molar-refractivity contribution in [1.29, 1.82) is 0 Å². The molecule has 1 saturated heterocycles. The van der Waals surface area contributed by atoms with E-state index in [1.807, 2.05) is 42.3 Å². The van der Waals surface area contributed by atoms with E-state index in [4.69, 9.17) is 0 Å². The van der Waals surface area contributed by atoms with Gasteiger partial charge in [-0.15, -0.1) is 0 Å². The van der Waals surface area contributed by atoms with E-state index in [1.165, 1.54) is 12.1 Å². The molecule has 142 valence electrons. The van der Waals surface area contributed by atoms with Gasteiger partial charge in [0.1, 0.15) is 5.82 Å². The van der Waals surface area contributed by atoms with Crippen LogP contribution in [0.25, 0.3) is 0 Å². The number of rotatable bonds is 5. The summed E-state index contributed by atoms with van der Waals surface area (Å²) in [5.74, 6) is -0.159. The normalized spacial score (nSPS) is 14.8. The lowest BCUT2D eigenvalue weighted by atomic mass is 9.94. The van der Waals surface area contributed by atoms with E-state index in [2.05, 4.69) is 0 Å². The molecule has 1 aliphatic heterocycles. The Morgan fingerprint density at radius 3 is 2.26 bits per heavy atom. The van der Waals surface area contributed by atoms with Crippen LogP contribution in [-0.2, 0) is 22.6 Å². The molecular weight excluding hydrogens is 343 g/mol. The molecule has 0 spiro atoms. The van der Waals surface area contributed by atoms with Crippen molar-refractivity contribution in [1.82, 2.24) is 9.80 Å². The molecular formula is C22H25FN2O2. The molecule has 1 aliphatic rings. The molecule has 0 bridgehead atoms. The molecule has 0 atom stereocenters. The van der Waals surface area contributed by atoms with Crippen molar-refractivity contribution in [2.45, 2.75) is 25.8 Å². The second kappa shape index (κ2) is 8.80. The van der Waals surface area contributed by atoms with Crippen molar-refractivity contribution in [2.24, 2.45) is 5.92 Å². The minimum atomic E-state index is -0.301. The van der Waals surface area contributed by atoms with Gasteiger partial charge in [0.05, 0.1) is 6.42 Å². The smallest absolute Gasteiger partial charge is 0.226 e. The summed E-state index contributed by atoms with van der Waals surface area (Å²) >= 11 is 0. The molecule has 3 rings (SSSR count). The van der Waals surface area contributed by atoms with Crippen LogP contribution in [0, 0.1) is 11.7 Å². The zero-order valence-electron chi connectivity index (χ0n) is 15.6. The second-order valence-corrected chi connectivity index (χ2v) is 7.14. The average molecular weight is 368 g/mol. The van der Waals surface area contributed by atoms with Gasteiger partial charge in [-0.1, -0.05) is 42.5 Å². The maximum Gasteiger partial charge on any atom is 0.226 e. The number of amides is 2. The molecule has 5 heteroatoms. The van der Waals surface area contributed by atoms with Gasteiger partial charge < -0.3 is 9.80 Å². The highest BCUT2D eigenvalue weighted by Gasteiger charge is 2.29. The number of carbonyl (C=O) groups is 2. The number of benzene rings is 2. The Morgan fingerprint density at radius 1 is 1.00 bits per heavy atom. The molecule has 0 radical (unpaired) electrons. The maximum absolute atomic E-state index is 13.0. The van der Waals surface area contributed by atoms with E-state index in [9.17, 15) is 14.0 Å². The number of likely N-dealkylation sites (tertiary alicyclic amines) is 1. The van der Waals surface area contributed by atoms with Gasteiger partial charge in [-0.2, -0.15) is 0 Å². The van der Waals surface area contributed by atoms with Crippen LogP contribution in [0.2, 0.25) is 0 Å². The molecule has 0 saturated carbocycles. The Hall–Kier alpha value is -2.69. The van der Waals surface area contributed by atoms with Crippen LogP contribution < -0.4 is 0 Å². The summed E-state index contributed by atoms with van der Waals surface area (Å²) < 4.78 is 13.0. The first-order valence-electron chi connectivity index (χ1n) is 9.34.